The van der Waals surface area contributed by atoms with Crippen molar-refractivity contribution in [2.75, 3.05) is 0 Å². The molecule has 0 saturated heterocycles. The molecular weight excluding hydrogens is 310 g/mol. The molecule has 0 unspecified atom stereocenters. The highest BCUT2D eigenvalue weighted by Crippen LogP contribution is 2.57. The van der Waals surface area contributed by atoms with Gasteiger partial charge in [-0.2, -0.15) is 5.06 Å². The molecular formula is C22H25NO2. The second-order valence-electron chi connectivity index (χ2n) is 8.56. The molecule has 0 spiro atoms. The van der Waals surface area contributed by atoms with Gasteiger partial charge in [0.1, 0.15) is 0 Å². The summed E-state index contributed by atoms with van der Waals surface area (Å²) in [5.74, 6) is 3.16. The van der Waals surface area contributed by atoms with Crippen molar-refractivity contribution >= 4 is 16.7 Å². The minimum absolute atomic E-state index is 0.0371. The number of nitrogens with zero attached hydrogens (tertiary/aromatic N) is 1. The Kier molecular flexibility index (Phi) is 3.34. The zero-order chi connectivity index (χ0) is 17.0. The highest BCUT2D eigenvalue weighted by Gasteiger charge is 2.55. The van der Waals surface area contributed by atoms with Crippen molar-refractivity contribution in [3.63, 3.8) is 0 Å². The van der Waals surface area contributed by atoms with Crippen molar-refractivity contribution in [2.24, 2.45) is 17.8 Å². The van der Waals surface area contributed by atoms with E-state index in [1.54, 1.807) is 12.0 Å². The molecule has 0 radical (unpaired) electrons. The summed E-state index contributed by atoms with van der Waals surface area (Å²) in [6.45, 7) is 1.65. The largest absolute Gasteiger partial charge is 0.376 e. The molecule has 0 aromatic heterocycles. The van der Waals surface area contributed by atoms with Gasteiger partial charge in [0.2, 0.25) is 0 Å². The number of benzene rings is 2. The smallest absolute Gasteiger partial charge is 0.252 e. The summed E-state index contributed by atoms with van der Waals surface area (Å²) >= 11 is 0. The van der Waals surface area contributed by atoms with Crippen molar-refractivity contribution in [1.82, 2.24) is 5.06 Å². The maximum absolute atomic E-state index is 12.5. The molecule has 4 aliphatic carbocycles. The second-order valence-corrected chi connectivity index (χ2v) is 8.56. The van der Waals surface area contributed by atoms with E-state index in [1.165, 1.54) is 24.6 Å². The second kappa shape index (κ2) is 5.48. The Morgan fingerprint density at radius 3 is 2.16 bits per heavy atom. The number of amides is 1. The van der Waals surface area contributed by atoms with Crippen LogP contribution in [0, 0.1) is 17.8 Å². The first-order chi connectivity index (χ1) is 12.1. The van der Waals surface area contributed by atoms with Crippen LogP contribution in [0.25, 0.3) is 10.8 Å². The molecule has 3 nitrogen and oxygen atoms in total. The van der Waals surface area contributed by atoms with Gasteiger partial charge in [-0.15, -0.1) is 0 Å². The third-order valence-corrected chi connectivity index (χ3v) is 6.64. The number of carbonyl (C=O) groups is 1. The van der Waals surface area contributed by atoms with E-state index in [9.17, 15) is 4.79 Å². The average Bonchev–Trinajstić information content (AvgIpc) is 2.58. The first kappa shape index (κ1) is 15.2. The lowest BCUT2D eigenvalue weighted by Gasteiger charge is -2.59. The first-order valence-electron chi connectivity index (χ1n) is 9.59. The Morgan fingerprint density at radius 2 is 1.56 bits per heavy atom. The van der Waals surface area contributed by atoms with E-state index in [4.69, 9.17) is 4.84 Å². The fourth-order valence-electron chi connectivity index (χ4n) is 6.14. The first-order valence-corrected chi connectivity index (χ1v) is 9.59. The zero-order valence-corrected chi connectivity index (χ0v) is 14.8. The molecule has 1 amide bonds. The van der Waals surface area contributed by atoms with Crippen LogP contribution in [0.4, 0.5) is 0 Å². The summed E-state index contributed by atoms with van der Waals surface area (Å²) in [5.41, 5.74) is -0.0772. The standard InChI is InChI=1S/C22H25NO2/c1-15(24)23(22-12-16-8-17(13-22)10-18(9-16)14-22)25-21-7-6-19-4-2-3-5-20(19)11-21/h2-7,11,16-18H,8-10,12-14H2,1H3. The Bertz CT molecular complexity index is 792. The predicted molar refractivity (Wildman–Crippen MR) is 98.0 cm³/mol. The lowest BCUT2D eigenvalue weighted by molar-refractivity contribution is -0.210. The lowest BCUT2D eigenvalue weighted by atomic mass is 9.53. The summed E-state index contributed by atoms with van der Waals surface area (Å²) in [6.07, 6.45) is 7.44. The molecule has 0 aliphatic heterocycles. The van der Waals surface area contributed by atoms with E-state index < -0.39 is 0 Å². The maximum Gasteiger partial charge on any atom is 0.252 e. The number of fused-ring (bicyclic) bond motifs is 1. The van der Waals surface area contributed by atoms with Crippen molar-refractivity contribution < 1.29 is 9.63 Å². The van der Waals surface area contributed by atoms with Crippen molar-refractivity contribution in [2.45, 2.75) is 51.0 Å². The van der Waals surface area contributed by atoms with E-state index in [2.05, 4.69) is 18.2 Å². The highest BCUT2D eigenvalue weighted by atomic mass is 16.7. The molecule has 2 aromatic rings. The Labute approximate surface area is 148 Å². The number of hydrogen-bond donors (Lipinski definition) is 0. The van der Waals surface area contributed by atoms with Crippen LogP contribution in [0.1, 0.15) is 45.4 Å². The molecule has 4 bridgehead atoms. The topological polar surface area (TPSA) is 29.5 Å². The van der Waals surface area contributed by atoms with E-state index in [-0.39, 0.29) is 11.4 Å². The van der Waals surface area contributed by atoms with Crippen molar-refractivity contribution in [3.8, 4) is 5.75 Å². The fourth-order valence-corrected chi connectivity index (χ4v) is 6.14. The van der Waals surface area contributed by atoms with Crippen LogP contribution in [0.5, 0.6) is 5.75 Å². The van der Waals surface area contributed by atoms with Gasteiger partial charge in [-0.3, -0.25) is 4.79 Å². The molecule has 130 valence electrons. The fraction of sp³-hybridized carbons (Fsp3) is 0.500. The predicted octanol–water partition coefficient (Wildman–Crippen LogP) is 4.95. The van der Waals surface area contributed by atoms with Crippen molar-refractivity contribution in [1.29, 1.82) is 0 Å². The highest BCUT2D eigenvalue weighted by molar-refractivity contribution is 5.83. The number of carbonyl (C=O) groups excluding carboxylic acids is 1. The molecule has 6 rings (SSSR count). The van der Waals surface area contributed by atoms with Gasteiger partial charge in [-0.05, 0) is 79.2 Å². The maximum atomic E-state index is 12.5. The SMILES string of the molecule is CC(=O)N(Oc1ccc2ccccc2c1)C12CC3CC(CC(C3)C1)C2. The summed E-state index contributed by atoms with van der Waals surface area (Å²) in [7, 11) is 0. The van der Waals surface area contributed by atoms with Gasteiger partial charge >= 0.3 is 0 Å². The number of rotatable bonds is 3. The normalized spacial score (nSPS) is 32.8. The van der Waals surface area contributed by atoms with Crippen LogP contribution < -0.4 is 4.84 Å². The van der Waals surface area contributed by atoms with Gasteiger partial charge in [0.15, 0.2) is 5.75 Å². The number of hydroxylamine groups is 2. The summed E-state index contributed by atoms with van der Waals surface area (Å²) in [6, 6.07) is 14.4. The summed E-state index contributed by atoms with van der Waals surface area (Å²) < 4.78 is 0. The molecule has 4 saturated carbocycles. The number of hydrogen-bond acceptors (Lipinski definition) is 2. The van der Waals surface area contributed by atoms with Gasteiger partial charge in [-0.25, -0.2) is 0 Å². The van der Waals surface area contributed by atoms with E-state index in [1.807, 2.05) is 24.3 Å². The molecule has 4 aliphatic rings. The van der Waals surface area contributed by atoms with Gasteiger partial charge < -0.3 is 4.84 Å². The van der Waals surface area contributed by atoms with E-state index in [0.717, 1.165) is 48.2 Å². The van der Waals surface area contributed by atoms with Gasteiger partial charge in [0.25, 0.3) is 5.91 Å². The summed E-state index contributed by atoms with van der Waals surface area (Å²) in [4.78, 5) is 18.8. The van der Waals surface area contributed by atoms with Gasteiger partial charge in [-0.1, -0.05) is 30.3 Å². The van der Waals surface area contributed by atoms with Crippen molar-refractivity contribution in [3.05, 3.63) is 42.5 Å². The van der Waals surface area contributed by atoms with Gasteiger partial charge in [0.05, 0.1) is 5.54 Å². The molecule has 3 heteroatoms. The van der Waals surface area contributed by atoms with Crippen LogP contribution in [0.3, 0.4) is 0 Å². The monoisotopic (exact) mass is 335 g/mol. The molecule has 2 aromatic carbocycles. The molecule has 0 atom stereocenters. The molecule has 0 N–H and O–H groups in total. The molecule has 4 fully saturated rings. The lowest BCUT2D eigenvalue weighted by Crippen LogP contribution is -2.62. The summed E-state index contributed by atoms with van der Waals surface area (Å²) in [5, 5.41) is 4.09. The molecule has 25 heavy (non-hydrogen) atoms. The minimum Gasteiger partial charge on any atom is -0.376 e. The quantitative estimate of drug-likeness (QED) is 0.743. The van der Waals surface area contributed by atoms with Crippen LogP contribution >= 0.6 is 0 Å². The van der Waals surface area contributed by atoms with E-state index >= 15 is 0 Å². The van der Waals surface area contributed by atoms with Crippen LogP contribution in [0.2, 0.25) is 0 Å². The average molecular weight is 335 g/mol. The molecule has 0 heterocycles. The third-order valence-electron chi connectivity index (χ3n) is 6.64. The van der Waals surface area contributed by atoms with E-state index in [0.29, 0.717) is 0 Å². The van der Waals surface area contributed by atoms with Gasteiger partial charge in [0, 0.05) is 6.92 Å². The Balaban J connectivity index is 1.47. The van der Waals surface area contributed by atoms with Crippen LogP contribution in [0.15, 0.2) is 42.5 Å². The Morgan fingerprint density at radius 1 is 0.960 bits per heavy atom. The minimum atomic E-state index is -0.0772. The van der Waals surface area contributed by atoms with Crippen LogP contribution in [-0.4, -0.2) is 16.5 Å². The van der Waals surface area contributed by atoms with Crippen LogP contribution in [-0.2, 0) is 4.79 Å². The zero-order valence-electron chi connectivity index (χ0n) is 14.8. The third kappa shape index (κ3) is 2.52. The Hall–Kier alpha value is -2.03.